The second-order valence-corrected chi connectivity index (χ2v) is 7.69. The summed E-state index contributed by atoms with van der Waals surface area (Å²) in [4.78, 5) is -0.0799. The van der Waals surface area contributed by atoms with Gasteiger partial charge in [0.1, 0.15) is 5.82 Å². The highest BCUT2D eigenvalue weighted by atomic mass is 32.2. The Balaban J connectivity index is 2.32. The highest BCUT2D eigenvalue weighted by Crippen LogP contribution is 2.22. The molecule has 10 heteroatoms. The van der Waals surface area contributed by atoms with Crippen molar-refractivity contribution in [1.82, 2.24) is 0 Å². The van der Waals surface area contributed by atoms with E-state index in [9.17, 15) is 21.2 Å². The number of sulfonamides is 1. The number of nitrogens with two attached hydrogens (primary N) is 1. The molecule has 0 aliphatic carbocycles. The minimum atomic E-state index is -3.97. The van der Waals surface area contributed by atoms with Gasteiger partial charge in [-0.25, -0.2) is 17.9 Å². The molecule has 2 aromatic carbocycles. The zero-order valence-electron chi connectivity index (χ0n) is 11.9. The lowest BCUT2D eigenvalue weighted by atomic mass is 10.2. The molecule has 0 saturated heterocycles. The Morgan fingerprint density at radius 3 is 2.13 bits per heavy atom. The molecule has 7 nitrogen and oxygen atoms in total. The van der Waals surface area contributed by atoms with Crippen molar-refractivity contribution in [3.05, 3.63) is 53.8 Å². The third-order valence-corrected chi connectivity index (χ3v) is 4.86. The average Bonchev–Trinajstić information content (AvgIpc) is 2.35. The van der Waals surface area contributed by atoms with Crippen LogP contribution in [0, 0.1) is 12.7 Å². The molecule has 0 aromatic heterocycles. The molecule has 0 spiro atoms. The Morgan fingerprint density at radius 2 is 1.57 bits per heavy atom. The first kappa shape index (κ1) is 17.2. The first-order valence-corrected chi connectivity index (χ1v) is 9.29. The smallest absolute Gasteiger partial charge is 0.280 e. The number of aryl methyl sites for hydroxylation is 1. The standard InChI is InChI=1S/C13H14FN3O4S2/c1-9-7-10(14)5-6-13(9)22(18,19)16-11-3-2-4-12(8-11)17-23(15,20)21/h2-8,16-17H,1H3,(H2,15,20,21). The largest absolute Gasteiger partial charge is 0.296 e. The van der Waals surface area contributed by atoms with Crippen LogP contribution in [0.25, 0.3) is 0 Å². The van der Waals surface area contributed by atoms with E-state index in [0.29, 0.717) is 0 Å². The molecule has 0 aliphatic heterocycles. The maximum absolute atomic E-state index is 13.1. The van der Waals surface area contributed by atoms with Gasteiger partial charge in [0.15, 0.2) is 0 Å². The first-order valence-electron chi connectivity index (χ1n) is 6.26. The molecular formula is C13H14FN3O4S2. The Morgan fingerprint density at radius 1 is 0.957 bits per heavy atom. The predicted molar refractivity (Wildman–Crippen MR) is 85.1 cm³/mol. The van der Waals surface area contributed by atoms with E-state index in [2.05, 4.69) is 4.72 Å². The lowest BCUT2D eigenvalue weighted by molar-refractivity contribution is 0.598. The molecule has 0 amide bonds. The van der Waals surface area contributed by atoms with Crippen molar-refractivity contribution in [1.29, 1.82) is 0 Å². The van der Waals surface area contributed by atoms with Crippen molar-refractivity contribution < 1.29 is 21.2 Å². The third kappa shape index (κ3) is 4.65. The quantitative estimate of drug-likeness (QED) is 0.750. The van der Waals surface area contributed by atoms with Crippen molar-refractivity contribution in [2.75, 3.05) is 9.44 Å². The summed E-state index contributed by atoms with van der Waals surface area (Å²) < 4.78 is 64.0. The first-order chi connectivity index (χ1) is 10.6. The van der Waals surface area contributed by atoms with Crippen LogP contribution in [0.4, 0.5) is 15.8 Å². The zero-order valence-corrected chi connectivity index (χ0v) is 13.6. The monoisotopic (exact) mass is 359 g/mol. The van der Waals surface area contributed by atoms with Crippen LogP contribution < -0.4 is 14.6 Å². The van der Waals surface area contributed by atoms with Gasteiger partial charge in [-0.1, -0.05) is 6.07 Å². The lowest BCUT2D eigenvalue weighted by Crippen LogP contribution is -2.21. The predicted octanol–water partition coefficient (Wildman–Crippen LogP) is 1.55. The molecule has 0 bridgehead atoms. The van der Waals surface area contributed by atoms with Crippen LogP contribution in [-0.2, 0) is 20.2 Å². The summed E-state index contributed by atoms with van der Waals surface area (Å²) in [6.07, 6.45) is 0. The minimum Gasteiger partial charge on any atom is -0.280 e. The van der Waals surface area contributed by atoms with E-state index in [1.54, 1.807) is 0 Å². The van der Waals surface area contributed by atoms with Crippen molar-refractivity contribution in [2.45, 2.75) is 11.8 Å². The zero-order chi connectivity index (χ0) is 17.3. The topological polar surface area (TPSA) is 118 Å². The molecular weight excluding hydrogens is 345 g/mol. The molecule has 124 valence electrons. The molecule has 2 aromatic rings. The van der Waals surface area contributed by atoms with E-state index in [1.807, 2.05) is 4.72 Å². The summed E-state index contributed by atoms with van der Waals surface area (Å²) in [6.45, 7) is 1.47. The fraction of sp³-hybridized carbons (Fsp3) is 0.0769. The number of rotatable bonds is 5. The van der Waals surface area contributed by atoms with E-state index in [0.717, 1.165) is 18.2 Å². The van der Waals surface area contributed by atoms with Crippen LogP contribution in [0.5, 0.6) is 0 Å². The number of halogens is 1. The Labute approximate surface area is 133 Å². The fourth-order valence-electron chi connectivity index (χ4n) is 1.93. The van der Waals surface area contributed by atoms with Crippen LogP contribution in [0.2, 0.25) is 0 Å². The summed E-state index contributed by atoms with van der Waals surface area (Å²) in [5.74, 6) is -0.541. The van der Waals surface area contributed by atoms with Crippen LogP contribution in [0.3, 0.4) is 0 Å². The Bertz CT molecular complexity index is 943. The molecule has 0 saturated carbocycles. The van der Waals surface area contributed by atoms with Gasteiger partial charge in [-0.05, 0) is 48.9 Å². The van der Waals surface area contributed by atoms with E-state index >= 15 is 0 Å². The van der Waals surface area contributed by atoms with Crippen LogP contribution >= 0.6 is 0 Å². The van der Waals surface area contributed by atoms with Crippen molar-refractivity contribution in [2.24, 2.45) is 5.14 Å². The Kier molecular flexibility index (Phi) is 4.59. The van der Waals surface area contributed by atoms with Crippen molar-refractivity contribution >= 4 is 31.6 Å². The van der Waals surface area contributed by atoms with Gasteiger partial charge < -0.3 is 0 Å². The number of hydrogen-bond donors (Lipinski definition) is 3. The molecule has 0 aliphatic rings. The molecule has 0 radical (unpaired) electrons. The molecule has 23 heavy (non-hydrogen) atoms. The fourth-order valence-corrected chi connectivity index (χ4v) is 3.67. The van der Waals surface area contributed by atoms with E-state index in [4.69, 9.17) is 5.14 Å². The molecule has 4 N–H and O–H groups in total. The second-order valence-electron chi connectivity index (χ2n) is 4.74. The number of hydrogen-bond acceptors (Lipinski definition) is 4. The number of anilines is 2. The third-order valence-electron chi connectivity index (χ3n) is 2.80. The Hall–Kier alpha value is -2.17. The van der Waals surface area contributed by atoms with Gasteiger partial charge in [0.25, 0.3) is 20.2 Å². The van der Waals surface area contributed by atoms with Crippen molar-refractivity contribution in [3.63, 3.8) is 0 Å². The summed E-state index contributed by atoms with van der Waals surface area (Å²) in [6, 6.07) is 8.85. The molecule has 2 rings (SSSR count). The molecule has 0 atom stereocenters. The highest BCUT2D eigenvalue weighted by molar-refractivity contribution is 7.92. The van der Waals surface area contributed by atoms with Crippen molar-refractivity contribution in [3.8, 4) is 0 Å². The van der Waals surface area contributed by atoms with Crippen LogP contribution in [0.1, 0.15) is 5.56 Å². The van der Waals surface area contributed by atoms with Gasteiger partial charge in [0.05, 0.1) is 16.3 Å². The van der Waals surface area contributed by atoms with E-state index in [-0.39, 0.29) is 21.8 Å². The van der Waals surface area contributed by atoms with Gasteiger partial charge in [0, 0.05) is 0 Å². The maximum Gasteiger partial charge on any atom is 0.296 e. The lowest BCUT2D eigenvalue weighted by Gasteiger charge is -2.11. The maximum atomic E-state index is 13.1. The van der Waals surface area contributed by atoms with Gasteiger partial charge in [0.2, 0.25) is 0 Å². The normalized spacial score (nSPS) is 12.0. The summed E-state index contributed by atoms with van der Waals surface area (Å²) in [5.41, 5.74) is 0.474. The summed E-state index contributed by atoms with van der Waals surface area (Å²) in [7, 11) is -7.92. The number of benzene rings is 2. The summed E-state index contributed by atoms with van der Waals surface area (Å²) in [5, 5.41) is 4.86. The van der Waals surface area contributed by atoms with Crippen LogP contribution in [0.15, 0.2) is 47.4 Å². The second kappa shape index (κ2) is 6.14. The molecule has 0 unspecified atom stereocenters. The van der Waals surface area contributed by atoms with Gasteiger partial charge in [-0.3, -0.25) is 9.44 Å². The van der Waals surface area contributed by atoms with Crippen LogP contribution in [-0.4, -0.2) is 16.8 Å². The van der Waals surface area contributed by atoms with Gasteiger partial charge in [-0.15, -0.1) is 0 Å². The van der Waals surface area contributed by atoms with E-state index in [1.165, 1.54) is 31.2 Å². The van der Waals surface area contributed by atoms with Gasteiger partial charge in [-0.2, -0.15) is 8.42 Å². The van der Waals surface area contributed by atoms with Gasteiger partial charge >= 0.3 is 0 Å². The summed E-state index contributed by atoms with van der Waals surface area (Å²) >= 11 is 0. The molecule has 0 fully saturated rings. The van der Waals surface area contributed by atoms with E-state index < -0.39 is 26.0 Å². The highest BCUT2D eigenvalue weighted by Gasteiger charge is 2.17. The molecule has 0 heterocycles. The SMILES string of the molecule is Cc1cc(F)ccc1S(=O)(=O)Nc1cccc(NS(N)(=O)=O)c1. The average molecular weight is 359 g/mol. The minimum absolute atomic E-state index is 0.0799. The number of nitrogens with one attached hydrogen (secondary N) is 2.